The molecule has 0 saturated heterocycles. The van der Waals surface area contributed by atoms with E-state index in [1.54, 1.807) is 23.2 Å². The molecule has 3 heterocycles. The number of benzene rings is 1. The van der Waals surface area contributed by atoms with Crippen LogP contribution in [0.4, 0.5) is 11.5 Å². The van der Waals surface area contributed by atoms with Crippen LogP contribution in [-0.4, -0.2) is 68.8 Å². The van der Waals surface area contributed by atoms with Crippen molar-refractivity contribution < 1.29 is 23.1 Å². The number of nitrogens with two attached hydrogens (primary N) is 1. The van der Waals surface area contributed by atoms with Crippen LogP contribution < -0.4 is 15.8 Å². The molecule has 13 heteroatoms. The fraction of sp³-hybridized carbons (Fsp3) is 0.462. The highest BCUT2D eigenvalue weighted by Gasteiger charge is 2.42. The van der Waals surface area contributed by atoms with Crippen LogP contribution in [0.2, 0.25) is 0 Å². The van der Waals surface area contributed by atoms with E-state index in [9.17, 15) is 23.1 Å². The van der Waals surface area contributed by atoms with Gasteiger partial charge in [-0.1, -0.05) is 0 Å². The van der Waals surface area contributed by atoms with Gasteiger partial charge in [0.2, 0.25) is 10.0 Å². The van der Waals surface area contributed by atoms with Crippen molar-refractivity contribution in [2.45, 2.75) is 63.8 Å². The smallest absolute Gasteiger partial charge is 0.259 e. The van der Waals surface area contributed by atoms with Crippen molar-refractivity contribution in [3.63, 3.8) is 0 Å². The van der Waals surface area contributed by atoms with Gasteiger partial charge in [0.05, 0.1) is 29.3 Å². The zero-order valence-electron chi connectivity index (χ0n) is 21.9. The van der Waals surface area contributed by atoms with Crippen molar-refractivity contribution in [1.29, 1.82) is 0 Å². The third-order valence-corrected chi connectivity index (χ3v) is 8.54. The minimum atomic E-state index is -3.67. The number of amides is 2. The molecule has 6 rings (SSSR count). The first-order chi connectivity index (χ1) is 18.3. The summed E-state index contributed by atoms with van der Waals surface area (Å²) in [5, 5.41) is 16.8. The third-order valence-electron chi connectivity index (χ3n) is 7.95. The minimum absolute atomic E-state index is 0.0179. The first-order valence-electron chi connectivity index (χ1n) is 12.9. The number of nitrogens with zero attached hydrogens (tertiary/aromatic N) is 4. The summed E-state index contributed by atoms with van der Waals surface area (Å²) < 4.78 is 28.4. The molecule has 1 aliphatic heterocycles. The van der Waals surface area contributed by atoms with E-state index < -0.39 is 27.6 Å². The number of rotatable bonds is 7. The Bertz CT molecular complexity index is 1640. The van der Waals surface area contributed by atoms with Crippen molar-refractivity contribution in [3.8, 4) is 11.3 Å². The van der Waals surface area contributed by atoms with Gasteiger partial charge < -0.3 is 21.1 Å². The van der Waals surface area contributed by atoms with E-state index in [1.165, 1.54) is 4.52 Å². The fourth-order valence-electron chi connectivity index (χ4n) is 5.81. The number of anilines is 2. The minimum Gasteiger partial charge on any atom is -0.393 e. The Kier molecular flexibility index (Phi) is 5.67. The van der Waals surface area contributed by atoms with Crippen molar-refractivity contribution >= 4 is 39.0 Å². The molecule has 2 fully saturated rings. The second-order valence-corrected chi connectivity index (χ2v) is 13.1. The van der Waals surface area contributed by atoms with E-state index in [4.69, 9.17) is 5.73 Å². The van der Waals surface area contributed by atoms with Gasteiger partial charge in [-0.15, -0.1) is 5.10 Å². The van der Waals surface area contributed by atoms with Crippen LogP contribution in [0, 0.1) is 5.92 Å². The summed E-state index contributed by atoms with van der Waals surface area (Å²) >= 11 is 0. The number of aliphatic hydroxyl groups is 1. The molecule has 5 N–H and O–H groups in total. The largest absolute Gasteiger partial charge is 0.393 e. The Morgan fingerprint density at radius 1 is 1.28 bits per heavy atom. The maximum atomic E-state index is 13.4. The molecule has 2 amide bonds. The van der Waals surface area contributed by atoms with Crippen LogP contribution in [-0.2, 0) is 16.6 Å². The van der Waals surface area contributed by atoms with Crippen LogP contribution in [0.3, 0.4) is 0 Å². The van der Waals surface area contributed by atoms with Crippen LogP contribution in [0.5, 0.6) is 0 Å². The molecule has 2 saturated carbocycles. The first-order valence-corrected chi connectivity index (χ1v) is 14.8. The van der Waals surface area contributed by atoms with E-state index in [-0.39, 0.29) is 34.7 Å². The second-order valence-electron chi connectivity index (χ2n) is 11.4. The molecule has 2 aliphatic carbocycles. The number of carbonyl (C=O) groups is 2. The van der Waals surface area contributed by atoms with Crippen molar-refractivity contribution in [2.24, 2.45) is 5.92 Å². The molecule has 1 atom stereocenters. The molecule has 0 spiro atoms. The summed E-state index contributed by atoms with van der Waals surface area (Å²) in [5.74, 6) is -0.155. The molecular weight excluding hydrogens is 522 g/mol. The quantitative estimate of drug-likeness (QED) is 0.343. The fourth-order valence-corrected chi connectivity index (χ4v) is 6.37. The molecule has 12 nitrogen and oxygen atoms in total. The van der Waals surface area contributed by atoms with E-state index in [1.807, 2.05) is 19.9 Å². The predicted octanol–water partition coefficient (Wildman–Crippen LogP) is 1.75. The summed E-state index contributed by atoms with van der Waals surface area (Å²) in [7, 11) is -3.67. The molecule has 3 aromatic rings. The van der Waals surface area contributed by atoms with Crippen LogP contribution in [0.25, 0.3) is 16.9 Å². The lowest BCUT2D eigenvalue weighted by molar-refractivity contribution is 0.0128. The van der Waals surface area contributed by atoms with E-state index in [0.29, 0.717) is 47.7 Å². The van der Waals surface area contributed by atoms with Gasteiger partial charge in [0, 0.05) is 29.9 Å². The summed E-state index contributed by atoms with van der Waals surface area (Å²) in [6, 6.07) is 5.19. The van der Waals surface area contributed by atoms with E-state index in [0.717, 1.165) is 19.1 Å². The Morgan fingerprint density at radius 3 is 2.64 bits per heavy atom. The number of hydrogen-bond donors (Lipinski definition) is 4. The van der Waals surface area contributed by atoms with E-state index in [2.05, 4.69) is 20.1 Å². The summed E-state index contributed by atoms with van der Waals surface area (Å²) in [6.45, 7) is 4.26. The molecule has 206 valence electrons. The predicted molar refractivity (Wildman–Crippen MR) is 144 cm³/mol. The maximum Gasteiger partial charge on any atom is 0.259 e. The average Bonchev–Trinajstić information content (AvgIpc) is 3.53. The van der Waals surface area contributed by atoms with Crippen molar-refractivity contribution in [3.05, 3.63) is 41.1 Å². The molecule has 1 aromatic carbocycles. The first kappa shape index (κ1) is 25.6. The van der Waals surface area contributed by atoms with Crippen molar-refractivity contribution in [1.82, 2.24) is 24.8 Å². The van der Waals surface area contributed by atoms with Gasteiger partial charge in [0.25, 0.3) is 11.8 Å². The number of nitrogen functional groups attached to an aromatic ring is 1. The zero-order valence-corrected chi connectivity index (χ0v) is 22.7. The van der Waals surface area contributed by atoms with Crippen molar-refractivity contribution in [2.75, 3.05) is 16.7 Å². The Hall–Kier alpha value is -3.71. The molecule has 3 aliphatic rings. The van der Waals surface area contributed by atoms with Gasteiger partial charge in [-0.25, -0.2) is 17.9 Å². The summed E-state index contributed by atoms with van der Waals surface area (Å²) in [4.78, 5) is 33.0. The second kappa shape index (κ2) is 8.65. The van der Waals surface area contributed by atoms with Gasteiger partial charge in [-0.2, -0.15) is 0 Å². The molecule has 39 heavy (non-hydrogen) atoms. The van der Waals surface area contributed by atoms with E-state index >= 15 is 0 Å². The lowest BCUT2D eigenvalue weighted by atomic mass is 9.76. The van der Waals surface area contributed by atoms with Crippen LogP contribution in [0.15, 0.2) is 24.4 Å². The molecule has 0 unspecified atom stereocenters. The highest BCUT2D eigenvalue weighted by atomic mass is 32.2. The topological polar surface area (TPSA) is 172 Å². The Balaban J connectivity index is 1.41. The monoisotopic (exact) mass is 553 g/mol. The van der Waals surface area contributed by atoms with Gasteiger partial charge >= 0.3 is 0 Å². The zero-order chi connectivity index (χ0) is 27.9. The molecular formula is C26H31N7O5S. The van der Waals surface area contributed by atoms with Crippen LogP contribution in [0.1, 0.15) is 65.8 Å². The summed E-state index contributed by atoms with van der Waals surface area (Å²) in [5.41, 5.74) is 8.21. The SMILES string of the molecule is C[C@@H](C1CC1)N1Cc2cc(-c3ccn4nc(N)c(C(=O)NC5(C)CC(O)C5)c4n3)cc(NS(C)(=O)=O)c2C1=O. The average molecular weight is 554 g/mol. The standard InChI is InChI=1S/C26H31N7O5S/c1-13(14-4-5-14)32-12-16-8-15(9-19(20(16)25(32)36)31-39(3,37)38)18-6-7-33-23(28-18)21(22(27)30-33)24(35)29-26(2)10-17(34)11-26/h6-9,13-14,17,31,34H,4-5,10-12H2,1-3H3,(H2,27,30)(H,29,35)/t13-,17?,26?/m0/s1. The number of fused-ring (bicyclic) bond motifs is 2. The lowest BCUT2D eigenvalue weighted by Gasteiger charge is -2.43. The number of aliphatic hydroxyl groups excluding tert-OH is 1. The number of nitrogens with one attached hydrogen (secondary N) is 2. The normalized spacial score (nSPS) is 23.4. The molecule has 0 bridgehead atoms. The Morgan fingerprint density at radius 2 is 2.00 bits per heavy atom. The van der Waals surface area contributed by atoms with Gasteiger partial charge in [0.15, 0.2) is 11.5 Å². The third kappa shape index (κ3) is 4.59. The maximum absolute atomic E-state index is 13.4. The molecule has 2 aromatic heterocycles. The summed E-state index contributed by atoms with van der Waals surface area (Å²) in [6.07, 6.45) is 5.26. The highest BCUT2D eigenvalue weighted by molar-refractivity contribution is 7.92. The number of carbonyl (C=O) groups excluding carboxylic acids is 2. The lowest BCUT2D eigenvalue weighted by Crippen LogP contribution is -2.57. The molecule has 0 radical (unpaired) electrons. The van der Waals surface area contributed by atoms with Gasteiger partial charge in [-0.3, -0.25) is 14.3 Å². The number of hydrogen-bond acceptors (Lipinski definition) is 8. The van der Waals surface area contributed by atoms with Gasteiger partial charge in [0.1, 0.15) is 5.56 Å². The van der Waals surface area contributed by atoms with Gasteiger partial charge in [-0.05, 0) is 69.2 Å². The van der Waals surface area contributed by atoms with Crippen LogP contribution >= 0.6 is 0 Å². The number of sulfonamides is 1. The Labute approximate surface area is 225 Å². The highest BCUT2D eigenvalue weighted by Crippen LogP contribution is 2.41. The number of aromatic nitrogens is 3.